The fourth-order valence-corrected chi connectivity index (χ4v) is 7.78. The lowest BCUT2D eigenvalue weighted by atomic mass is 9.70. The van der Waals surface area contributed by atoms with E-state index in [9.17, 15) is 13.2 Å². The van der Waals surface area contributed by atoms with Crippen molar-refractivity contribution in [1.29, 1.82) is 0 Å². The second kappa shape index (κ2) is 5.06. The van der Waals surface area contributed by atoms with Crippen LogP contribution in [-0.4, -0.2) is 42.2 Å². The molecule has 0 N–H and O–H groups in total. The summed E-state index contributed by atoms with van der Waals surface area (Å²) in [5, 5.41) is 0. The summed E-state index contributed by atoms with van der Waals surface area (Å²) in [6, 6.07) is 0. The van der Waals surface area contributed by atoms with Crippen molar-refractivity contribution in [3.63, 3.8) is 0 Å². The zero-order chi connectivity index (χ0) is 15.3. The average molecular weight is 366 g/mol. The molecule has 4 nitrogen and oxygen atoms in total. The van der Waals surface area contributed by atoms with Crippen molar-refractivity contribution in [1.82, 2.24) is 4.31 Å². The molecular weight excluding hydrogens is 342 g/mol. The van der Waals surface area contributed by atoms with Crippen molar-refractivity contribution in [2.24, 2.45) is 16.7 Å². The van der Waals surface area contributed by atoms with Crippen LogP contribution in [0, 0.1) is 16.7 Å². The number of rotatable bonds is 5. The molecule has 0 aromatic heterocycles. The molecule has 0 spiro atoms. The number of Topliss-reactive ketones (excluding diaryl/α,β-unsaturated/α-hetero) is 1. The van der Waals surface area contributed by atoms with Gasteiger partial charge in [-0.3, -0.25) is 4.79 Å². The Hall–Kier alpha value is 0.0600. The van der Waals surface area contributed by atoms with Crippen LogP contribution in [0.1, 0.15) is 40.5 Å². The lowest BCUT2D eigenvalue weighted by Crippen LogP contribution is -2.45. The number of hydrogen-bond donors (Lipinski definition) is 0. The SMILES string of the molecule is CCN(CC)S(=O)(=O)C[C@]1(C)[C@H]2CC[C@@]1(C)C(=O)[C@@H]2Br. The molecule has 6 heteroatoms. The number of ketones is 1. The summed E-state index contributed by atoms with van der Waals surface area (Å²) in [4.78, 5) is 12.3. The van der Waals surface area contributed by atoms with Crippen molar-refractivity contribution in [3.8, 4) is 0 Å². The molecule has 0 radical (unpaired) electrons. The number of sulfonamides is 1. The van der Waals surface area contributed by atoms with Crippen LogP contribution >= 0.6 is 15.9 Å². The van der Waals surface area contributed by atoms with Gasteiger partial charge in [-0.25, -0.2) is 12.7 Å². The van der Waals surface area contributed by atoms with Gasteiger partial charge in [-0.1, -0.05) is 43.6 Å². The van der Waals surface area contributed by atoms with Gasteiger partial charge in [-0.2, -0.15) is 0 Å². The van der Waals surface area contributed by atoms with Crippen LogP contribution in [0.5, 0.6) is 0 Å². The van der Waals surface area contributed by atoms with Gasteiger partial charge in [0.25, 0.3) is 0 Å². The van der Waals surface area contributed by atoms with Crippen molar-refractivity contribution in [3.05, 3.63) is 0 Å². The van der Waals surface area contributed by atoms with Crippen LogP contribution in [0.25, 0.3) is 0 Å². The second-order valence-corrected chi connectivity index (χ2v) is 9.46. The Balaban J connectivity index is 2.36. The maximum absolute atomic E-state index is 12.6. The molecule has 0 aliphatic heterocycles. The molecule has 0 amide bonds. The highest BCUT2D eigenvalue weighted by molar-refractivity contribution is 9.10. The Morgan fingerprint density at radius 2 is 1.85 bits per heavy atom. The van der Waals surface area contributed by atoms with E-state index in [-0.39, 0.29) is 22.3 Å². The zero-order valence-electron chi connectivity index (χ0n) is 12.6. The largest absolute Gasteiger partial charge is 0.298 e. The first kappa shape index (κ1) is 16.4. The molecule has 0 aromatic rings. The van der Waals surface area contributed by atoms with Crippen LogP contribution in [-0.2, 0) is 14.8 Å². The van der Waals surface area contributed by atoms with Gasteiger partial charge in [-0.15, -0.1) is 0 Å². The Kier molecular flexibility index (Phi) is 4.15. The molecule has 0 heterocycles. The molecule has 2 rings (SSSR count). The smallest absolute Gasteiger partial charge is 0.214 e. The lowest BCUT2D eigenvalue weighted by Gasteiger charge is -2.37. The van der Waals surface area contributed by atoms with Gasteiger partial charge in [0.1, 0.15) is 0 Å². The molecule has 0 saturated heterocycles. The fraction of sp³-hybridized carbons (Fsp3) is 0.929. The summed E-state index contributed by atoms with van der Waals surface area (Å²) in [6.07, 6.45) is 1.74. The zero-order valence-corrected chi connectivity index (χ0v) is 15.1. The van der Waals surface area contributed by atoms with Gasteiger partial charge in [0, 0.05) is 18.5 Å². The molecular formula is C14H24BrNO3S. The maximum Gasteiger partial charge on any atom is 0.214 e. The predicted molar refractivity (Wildman–Crippen MR) is 83.4 cm³/mol. The molecule has 0 aromatic carbocycles. The number of alkyl halides is 1. The Labute approximate surface area is 130 Å². The number of halogens is 1. The second-order valence-electron chi connectivity index (χ2n) is 6.50. The van der Waals surface area contributed by atoms with Gasteiger partial charge < -0.3 is 0 Å². The van der Waals surface area contributed by atoms with E-state index < -0.39 is 20.9 Å². The highest BCUT2D eigenvalue weighted by Crippen LogP contribution is 2.65. The fourth-order valence-electron chi connectivity index (χ4n) is 4.17. The third-order valence-electron chi connectivity index (χ3n) is 5.76. The van der Waals surface area contributed by atoms with Crippen molar-refractivity contribution in [2.45, 2.75) is 45.4 Å². The average Bonchev–Trinajstić information content (AvgIpc) is 2.66. The van der Waals surface area contributed by atoms with Crippen LogP contribution in [0.3, 0.4) is 0 Å². The van der Waals surface area contributed by atoms with Gasteiger partial charge >= 0.3 is 0 Å². The third kappa shape index (κ3) is 2.02. The Morgan fingerprint density at radius 1 is 1.30 bits per heavy atom. The van der Waals surface area contributed by atoms with E-state index in [4.69, 9.17) is 0 Å². The van der Waals surface area contributed by atoms with E-state index in [2.05, 4.69) is 15.9 Å². The molecule has 2 saturated carbocycles. The summed E-state index contributed by atoms with van der Waals surface area (Å²) >= 11 is 3.49. The number of carbonyl (C=O) groups excluding carboxylic acids is 1. The Morgan fingerprint density at radius 3 is 2.25 bits per heavy atom. The minimum atomic E-state index is -3.31. The van der Waals surface area contributed by atoms with Crippen LogP contribution in [0.15, 0.2) is 0 Å². The van der Waals surface area contributed by atoms with Crippen molar-refractivity contribution in [2.75, 3.05) is 18.8 Å². The van der Waals surface area contributed by atoms with Gasteiger partial charge in [0.2, 0.25) is 10.0 Å². The van der Waals surface area contributed by atoms with E-state index in [0.717, 1.165) is 12.8 Å². The van der Waals surface area contributed by atoms with Gasteiger partial charge in [0.05, 0.1) is 10.6 Å². The number of carbonyl (C=O) groups is 1. The molecule has 20 heavy (non-hydrogen) atoms. The number of fused-ring (bicyclic) bond motifs is 2. The predicted octanol–water partition coefficient (Wildman–Crippen LogP) is 2.43. The van der Waals surface area contributed by atoms with Crippen molar-refractivity contribution >= 4 is 31.7 Å². The highest BCUT2D eigenvalue weighted by Gasteiger charge is 2.68. The summed E-state index contributed by atoms with van der Waals surface area (Å²) in [7, 11) is -3.31. The first-order valence-electron chi connectivity index (χ1n) is 7.30. The molecule has 2 aliphatic carbocycles. The topological polar surface area (TPSA) is 54.5 Å². The molecule has 4 atom stereocenters. The molecule has 2 aliphatic rings. The quantitative estimate of drug-likeness (QED) is 0.703. The van der Waals surface area contributed by atoms with E-state index in [0.29, 0.717) is 13.1 Å². The summed E-state index contributed by atoms with van der Waals surface area (Å²) in [5.41, 5.74) is -0.967. The van der Waals surface area contributed by atoms with E-state index in [1.165, 1.54) is 4.31 Å². The lowest BCUT2D eigenvalue weighted by molar-refractivity contribution is -0.127. The number of nitrogens with zero attached hydrogens (tertiary/aromatic N) is 1. The summed E-state index contributed by atoms with van der Waals surface area (Å²) in [6.45, 7) is 8.63. The van der Waals surface area contributed by atoms with Crippen LogP contribution in [0.4, 0.5) is 0 Å². The summed E-state index contributed by atoms with van der Waals surface area (Å²) in [5.74, 6) is 0.396. The molecule has 116 valence electrons. The monoisotopic (exact) mass is 365 g/mol. The molecule has 2 fully saturated rings. The van der Waals surface area contributed by atoms with Gasteiger partial charge in [0.15, 0.2) is 5.78 Å². The summed E-state index contributed by atoms with van der Waals surface area (Å²) < 4.78 is 26.8. The van der Waals surface area contributed by atoms with Gasteiger partial charge in [-0.05, 0) is 24.2 Å². The first-order valence-corrected chi connectivity index (χ1v) is 9.82. The Bertz CT molecular complexity index is 517. The van der Waals surface area contributed by atoms with E-state index in [1.54, 1.807) is 0 Å². The number of hydrogen-bond acceptors (Lipinski definition) is 3. The van der Waals surface area contributed by atoms with Crippen LogP contribution in [0.2, 0.25) is 0 Å². The van der Waals surface area contributed by atoms with Crippen LogP contribution < -0.4 is 0 Å². The van der Waals surface area contributed by atoms with E-state index in [1.807, 2.05) is 27.7 Å². The third-order valence-corrected chi connectivity index (χ3v) is 9.08. The van der Waals surface area contributed by atoms with Crippen molar-refractivity contribution < 1.29 is 13.2 Å². The normalized spacial score (nSPS) is 40.8. The molecule has 0 unspecified atom stereocenters. The standard InChI is InChI=1S/C14H24BrNO3S/c1-5-16(6-2)20(18,19)9-14(4)10-7-8-13(14,3)12(17)11(10)15/h10-11H,5-9H2,1-4H3/t10-,11+,13-,14+/m0/s1. The maximum atomic E-state index is 12.6. The highest BCUT2D eigenvalue weighted by atomic mass is 79.9. The minimum absolute atomic E-state index is 0.0800. The van der Waals surface area contributed by atoms with E-state index >= 15 is 0 Å². The first-order chi connectivity index (χ1) is 9.14. The molecule has 2 bridgehead atoms. The minimum Gasteiger partial charge on any atom is -0.298 e.